The highest BCUT2D eigenvalue weighted by atomic mass is 19.1. The molecule has 5 rings (SSSR count). The Kier molecular flexibility index (Phi) is 3.19. The molecule has 1 aromatic carbocycles. The lowest BCUT2D eigenvalue weighted by Gasteiger charge is -2.36. The summed E-state index contributed by atoms with van der Waals surface area (Å²) in [5.41, 5.74) is 2.25. The van der Waals surface area contributed by atoms with Crippen LogP contribution in [0.25, 0.3) is 11.3 Å². The van der Waals surface area contributed by atoms with Gasteiger partial charge in [0.25, 0.3) is 0 Å². The van der Waals surface area contributed by atoms with E-state index in [0.717, 1.165) is 35.6 Å². The van der Waals surface area contributed by atoms with E-state index in [4.69, 9.17) is 4.42 Å². The van der Waals surface area contributed by atoms with Gasteiger partial charge in [-0.15, -0.1) is 5.10 Å². The molecule has 27 heavy (non-hydrogen) atoms. The Morgan fingerprint density at radius 1 is 1.15 bits per heavy atom. The normalized spacial score (nSPS) is 25.0. The molecule has 0 aliphatic heterocycles. The Labute approximate surface area is 155 Å². The number of aryl methyl sites for hydroxylation is 1. The first-order chi connectivity index (χ1) is 12.9. The van der Waals surface area contributed by atoms with Gasteiger partial charge in [0.15, 0.2) is 6.39 Å². The number of benzene rings is 1. The van der Waals surface area contributed by atoms with Crippen LogP contribution in [0.3, 0.4) is 0 Å². The lowest BCUT2D eigenvalue weighted by atomic mass is 9.66. The molecule has 3 aromatic rings. The summed E-state index contributed by atoms with van der Waals surface area (Å²) in [6.07, 6.45) is 3.33. The molecule has 2 atom stereocenters. The molecule has 2 aliphatic carbocycles. The van der Waals surface area contributed by atoms with Crippen molar-refractivity contribution in [2.45, 2.75) is 44.9 Å². The molecular weight excluding hydrogens is 348 g/mol. The van der Waals surface area contributed by atoms with Crippen molar-refractivity contribution in [1.82, 2.24) is 15.2 Å². The molecule has 2 bridgehead atoms. The fraction of sp³-hybridized carbons (Fsp3) is 0.381. The number of hydrogen-bond donors (Lipinski definition) is 0. The monoisotopic (exact) mass is 367 g/mol. The second-order valence-corrected chi connectivity index (χ2v) is 8.12. The molecule has 1 unspecified atom stereocenters. The summed E-state index contributed by atoms with van der Waals surface area (Å²) in [5, 5.41) is 8.71. The zero-order valence-corrected chi connectivity index (χ0v) is 15.4. The fourth-order valence-corrected chi connectivity index (χ4v) is 5.40. The summed E-state index contributed by atoms with van der Waals surface area (Å²) in [6, 6.07) is 5.64. The first kappa shape index (κ1) is 16.5. The van der Waals surface area contributed by atoms with E-state index in [1.807, 2.05) is 13.0 Å². The van der Waals surface area contributed by atoms with Crippen molar-refractivity contribution in [3.05, 3.63) is 65.0 Å². The standard InChI is InChI=1S/C21H19F2N3O/c1-11-19(27-10-24-11)21-8-7-13(20(21,2)3)12-9-16(25-26-18(12)21)17-14(22)5-4-6-15(17)23/h4-6,9-10,13H,7-8H2,1-3H3/t13-,21?/m0/s1. The van der Waals surface area contributed by atoms with Gasteiger partial charge in [0.2, 0.25) is 0 Å². The SMILES string of the molecule is Cc1ncoc1C12CC[C@@H](c3cc(-c4c(F)cccc4F)nnc31)C2(C)C. The summed E-state index contributed by atoms with van der Waals surface area (Å²) in [4.78, 5) is 4.29. The molecule has 0 spiro atoms. The summed E-state index contributed by atoms with van der Waals surface area (Å²) in [5.74, 6) is -0.214. The van der Waals surface area contributed by atoms with Crippen molar-refractivity contribution in [2.75, 3.05) is 0 Å². The lowest BCUT2D eigenvalue weighted by molar-refractivity contribution is 0.212. The highest BCUT2D eigenvalue weighted by Crippen LogP contribution is 2.70. The maximum absolute atomic E-state index is 14.2. The number of hydrogen-bond acceptors (Lipinski definition) is 4. The molecule has 1 saturated carbocycles. The Morgan fingerprint density at radius 2 is 1.89 bits per heavy atom. The van der Waals surface area contributed by atoms with Crippen molar-refractivity contribution < 1.29 is 13.2 Å². The number of oxazole rings is 1. The quantitative estimate of drug-likeness (QED) is 0.645. The van der Waals surface area contributed by atoms with Crippen LogP contribution in [0.4, 0.5) is 8.78 Å². The number of fused-ring (bicyclic) bond motifs is 5. The summed E-state index contributed by atoms with van der Waals surface area (Å²) < 4.78 is 34.3. The van der Waals surface area contributed by atoms with Crippen LogP contribution in [-0.4, -0.2) is 15.2 Å². The molecule has 0 amide bonds. The maximum Gasteiger partial charge on any atom is 0.181 e. The molecule has 4 nitrogen and oxygen atoms in total. The molecule has 1 fully saturated rings. The number of nitrogens with zero attached hydrogens (tertiary/aromatic N) is 3. The first-order valence-electron chi connectivity index (χ1n) is 9.11. The van der Waals surface area contributed by atoms with Crippen molar-refractivity contribution >= 4 is 0 Å². The predicted molar refractivity (Wildman–Crippen MR) is 95.2 cm³/mol. The van der Waals surface area contributed by atoms with Crippen LogP contribution in [0.5, 0.6) is 0 Å². The molecule has 6 heteroatoms. The van der Waals surface area contributed by atoms with Crippen molar-refractivity contribution in [3.63, 3.8) is 0 Å². The number of halogens is 2. The van der Waals surface area contributed by atoms with E-state index in [1.165, 1.54) is 24.6 Å². The number of rotatable bonds is 2. The molecule has 0 N–H and O–H groups in total. The van der Waals surface area contributed by atoms with Crippen LogP contribution < -0.4 is 0 Å². The minimum atomic E-state index is -0.632. The van der Waals surface area contributed by atoms with Gasteiger partial charge in [0, 0.05) is 0 Å². The third-order valence-electron chi connectivity index (χ3n) is 6.73. The van der Waals surface area contributed by atoms with Gasteiger partial charge in [-0.1, -0.05) is 19.9 Å². The second-order valence-electron chi connectivity index (χ2n) is 8.12. The molecule has 2 aliphatic rings. The minimum absolute atomic E-state index is 0.127. The Bertz CT molecular complexity index is 1050. The van der Waals surface area contributed by atoms with E-state index in [1.54, 1.807) is 0 Å². The highest BCUT2D eigenvalue weighted by Gasteiger charge is 2.66. The van der Waals surface area contributed by atoms with Crippen LogP contribution >= 0.6 is 0 Å². The van der Waals surface area contributed by atoms with E-state index in [-0.39, 0.29) is 22.6 Å². The van der Waals surface area contributed by atoms with Crippen LogP contribution in [0, 0.1) is 24.0 Å². The van der Waals surface area contributed by atoms with Gasteiger partial charge in [-0.3, -0.25) is 0 Å². The van der Waals surface area contributed by atoms with E-state index in [2.05, 4.69) is 29.0 Å². The van der Waals surface area contributed by atoms with Crippen LogP contribution in [0.15, 0.2) is 35.1 Å². The number of aromatic nitrogens is 3. The summed E-state index contributed by atoms with van der Waals surface area (Å²) in [6.45, 7) is 6.35. The first-order valence-corrected chi connectivity index (χ1v) is 9.11. The Morgan fingerprint density at radius 3 is 2.56 bits per heavy atom. The second kappa shape index (κ2) is 5.21. The summed E-state index contributed by atoms with van der Waals surface area (Å²) in [7, 11) is 0. The van der Waals surface area contributed by atoms with Crippen molar-refractivity contribution in [1.29, 1.82) is 0 Å². The lowest BCUT2D eigenvalue weighted by Crippen LogP contribution is -2.37. The van der Waals surface area contributed by atoms with E-state index < -0.39 is 17.0 Å². The van der Waals surface area contributed by atoms with E-state index in [9.17, 15) is 8.78 Å². The maximum atomic E-state index is 14.2. The van der Waals surface area contributed by atoms with Gasteiger partial charge in [-0.2, -0.15) is 5.10 Å². The van der Waals surface area contributed by atoms with Gasteiger partial charge in [0.05, 0.1) is 28.1 Å². The molecule has 0 saturated heterocycles. The van der Waals surface area contributed by atoms with Gasteiger partial charge in [0.1, 0.15) is 17.4 Å². The van der Waals surface area contributed by atoms with Crippen LogP contribution in [0.2, 0.25) is 0 Å². The van der Waals surface area contributed by atoms with E-state index in [0.29, 0.717) is 0 Å². The van der Waals surface area contributed by atoms with Gasteiger partial charge >= 0.3 is 0 Å². The largest absolute Gasteiger partial charge is 0.447 e. The van der Waals surface area contributed by atoms with E-state index >= 15 is 0 Å². The average molecular weight is 367 g/mol. The smallest absolute Gasteiger partial charge is 0.181 e. The third-order valence-corrected chi connectivity index (χ3v) is 6.73. The van der Waals surface area contributed by atoms with Crippen LogP contribution in [0.1, 0.15) is 55.3 Å². The zero-order chi connectivity index (χ0) is 19.0. The Hall–Kier alpha value is -2.63. The van der Waals surface area contributed by atoms with Gasteiger partial charge < -0.3 is 4.42 Å². The zero-order valence-electron chi connectivity index (χ0n) is 15.4. The molecule has 0 radical (unpaired) electrons. The van der Waals surface area contributed by atoms with Gasteiger partial charge in [-0.05, 0) is 54.9 Å². The molecule has 2 aromatic heterocycles. The topological polar surface area (TPSA) is 51.8 Å². The van der Waals surface area contributed by atoms with Crippen molar-refractivity contribution in [2.24, 2.45) is 5.41 Å². The molecule has 2 heterocycles. The summed E-state index contributed by atoms with van der Waals surface area (Å²) >= 11 is 0. The molecular formula is C21H19F2N3O. The fourth-order valence-electron chi connectivity index (χ4n) is 5.40. The van der Waals surface area contributed by atoms with Gasteiger partial charge in [-0.25, -0.2) is 13.8 Å². The predicted octanol–water partition coefficient (Wildman–Crippen LogP) is 4.92. The minimum Gasteiger partial charge on any atom is -0.447 e. The van der Waals surface area contributed by atoms with Crippen molar-refractivity contribution in [3.8, 4) is 11.3 Å². The van der Waals surface area contributed by atoms with Crippen LogP contribution in [-0.2, 0) is 5.41 Å². The third kappa shape index (κ3) is 1.88. The Balaban J connectivity index is 1.75. The highest BCUT2D eigenvalue weighted by molar-refractivity contribution is 5.64. The molecule has 138 valence electrons. The average Bonchev–Trinajstić information content (AvgIpc) is 3.22.